The molecule has 1 aromatic carbocycles. The van der Waals surface area contributed by atoms with Gasteiger partial charge in [0.2, 0.25) is 5.91 Å². The number of hydrogen-bond donors (Lipinski definition) is 2. The van der Waals surface area contributed by atoms with Crippen molar-refractivity contribution in [2.24, 2.45) is 0 Å². The number of carbonyl (C=O) groups is 4. The number of benzene rings is 1. The molecule has 3 amide bonds. The second-order valence-corrected chi connectivity index (χ2v) is 9.45. The van der Waals surface area contributed by atoms with Gasteiger partial charge in [0.15, 0.2) is 0 Å². The monoisotopic (exact) mass is 499 g/mol. The molecule has 10 nitrogen and oxygen atoms in total. The van der Waals surface area contributed by atoms with E-state index in [-0.39, 0.29) is 19.6 Å². The Bertz CT molecular complexity index is 1040. The smallest absolute Gasteiger partial charge is 0.410 e. The molecule has 1 fully saturated rings. The number of aliphatic carboxylic acids is 1. The van der Waals surface area contributed by atoms with Crippen LogP contribution < -0.4 is 5.32 Å². The third-order valence-corrected chi connectivity index (χ3v) is 6.86. The first-order valence-electron chi connectivity index (χ1n) is 12.6. The molecule has 0 spiro atoms. The topological polar surface area (TPSA) is 125 Å². The fourth-order valence-corrected chi connectivity index (χ4v) is 4.94. The Balaban J connectivity index is 1.57. The Kier molecular flexibility index (Phi) is 8.12. The number of nitrogens with one attached hydrogen (secondary N) is 1. The van der Waals surface area contributed by atoms with Gasteiger partial charge in [0, 0.05) is 13.0 Å². The molecule has 36 heavy (non-hydrogen) atoms. The molecule has 194 valence electrons. The van der Waals surface area contributed by atoms with Gasteiger partial charge in [-0.05, 0) is 36.0 Å². The molecule has 4 rings (SSSR count). The van der Waals surface area contributed by atoms with Gasteiger partial charge in [-0.2, -0.15) is 0 Å². The third kappa shape index (κ3) is 5.80. The van der Waals surface area contributed by atoms with Crippen molar-refractivity contribution < 1.29 is 33.8 Å². The summed E-state index contributed by atoms with van der Waals surface area (Å²) >= 11 is 0. The number of carboxylic acids is 1. The summed E-state index contributed by atoms with van der Waals surface area (Å²) in [4.78, 5) is 53.5. The Morgan fingerprint density at radius 2 is 2.06 bits per heavy atom. The second kappa shape index (κ2) is 11.5. The molecule has 3 atom stereocenters. The lowest BCUT2D eigenvalue weighted by atomic mass is 10.0. The summed E-state index contributed by atoms with van der Waals surface area (Å²) < 4.78 is 11.0. The van der Waals surface area contributed by atoms with Crippen molar-refractivity contribution in [2.45, 2.75) is 76.7 Å². The summed E-state index contributed by atoms with van der Waals surface area (Å²) in [7, 11) is 0. The third-order valence-electron chi connectivity index (χ3n) is 6.86. The second-order valence-electron chi connectivity index (χ2n) is 9.45. The van der Waals surface area contributed by atoms with Crippen molar-refractivity contribution in [1.29, 1.82) is 0 Å². The summed E-state index contributed by atoms with van der Waals surface area (Å²) in [5, 5.41) is 12.4. The molecule has 0 aromatic heterocycles. The van der Waals surface area contributed by atoms with Gasteiger partial charge in [-0.3, -0.25) is 9.69 Å². The van der Waals surface area contributed by atoms with E-state index in [1.165, 1.54) is 4.90 Å². The van der Waals surface area contributed by atoms with Gasteiger partial charge in [0.25, 0.3) is 0 Å². The first kappa shape index (κ1) is 25.5. The number of ether oxygens (including phenoxy) is 2. The number of hydrogen-bond acceptors (Lipinski definition) is 6. The zero-order valence-corrected chi connectivity index (χ0v) is 20.5. The van der Waals surface area contributed by atoms with E-state index in [0.717, 1.165) is 23.1 Å². The lowest BCUT2D eigenvalue weighted by molar-refractivity contribution is -0.149. The van der Waals surface area contributed by atoms with Gasteiger partial charge in [-0.25, -0.2) is 14.4 Å². The molecule has 4 bridgehead atoms. The number of allylic oxidation sites excluding steroid dienone is 1. The first-order valence-corrected chi connectivity index (χ1v) is 12.6. The van der Waals surface area contributed by atoms with Gasteiger partial charge in [0.1, 0.15) is 18.2 Å². The van der Waals surface area contributed by atoms with Crippen molar-refractivity contribution in [3.05, 3.63) is 41.0 Å². The molecule has 0 aliphatic carbocycles. The number of rotatable bonds is 4. The van der Waals surface area contributed by atoms with Crippen LogP contribution >= 0.6 is 0 Å². The molecule has 0 unspecified atom stereocenters. The van der Waals surface area contributed by atoms with E-state index in [1.807, 2.05) is 37.3 Å². The van der Waals surface area contributed by atoms with Crippen LogP contribution in [0, 0.1) is 0 Å². The molecule has 3 aliphatic rings. The lowest BCUT2D eigenvalue weighted by Gasteiger charge is -2.27. The number of carboxylic acid groups (broad SMARTS) is 1. The number of amides is 3. The number of unbranched alkanes of at least 4 members (excludes halogenated alkanes) is 1. The molecule has 0 saturated carbocycles. The summed E-state index contributed by atoms with van der Waals surface area (Å²) in [5.41, 5.74) is 3.10. The zero-order chi connectivity index (χ0) is 25.7. The highest BCUT2D eigenvalue weighted by atomic mass is 16.6. The molecule has 1 aromatic rings. The Morgan fingerprint density at radius 1 is 1.22 bits per heavy atom. The predicted octanol–water partition coefficient (Wildman–Crippen LogP) is 3.28. The van der Waals surface area contributed by atoms with E-state index < -0.39 is 42.3 Å². The van der Waals surface area contributed by atoms with E-state index >= 15 is 0 Å². The van der Waals surface area contributed by atoms with Gasteiger partial charge < -0.3 is 24.8 Å². The van der Waals surface area contributed by atoms with E-state index in [0.29, 0.717) is 38.8 Å². The Hall–Kier alpha value is -3.56. The molecular weight excluding hydrogens is 466 g/mol. The number of nitrogens with zero attached hydrogens (tertiary/aromatic N) is 2. The molecular formula is C26H33N3O7. The molecule has 10 heteroatoms. The average molecular weight is 500 g/mol. The zero-order valence-electron chi connectivity index (χ0n) is 20.5. The average Bonchev–Trinajstić information content (AvgIpc) is 3.48. The molecule has 0 radical (unpaired) electrons. The van der Waals surface area contributed by atoms with Crippen molar-refractivity contribution in [3.63, 3.8) is 0 Å². The number of fused-ring (bicyclic) bond motifs is 3. The predicted molar refractivity (Wildman–Crippen MR) is 130 cm³/mol. The summed E-state index contributed by atoms with van der Waals surface area (Å²) in [6.07, 6.45) is 5.14. The van der Waals surface area contributed by atoms with Crippen LogP contribution in [0.5, 0.6) is 0 Å². The normalized spacial score (nSPS) is 25.8. The van der Waals surface area contributed by atoms with Crippen molar-refractivity contribution in [2.75, 3.05) is 13.2 Å². The van der Waals surface area contributed by atoms with Crippen LogP contribution in [-0.2, 0) is 32.2 Å². The lowest BCUT2D eigenvalue weighted by Crippen LogP contribution is -2.52. The van der Waals surface area contributed by atoms with E-state index in [4.69, 9.17) is 9.47 Å². The Morgan fingerprint density at radius 3 is 2.83 bits per heavy atom. The summed E-state index contributed by atoms with van der Waals surface area (Å²) in [6.45, 7) is 2.91. The maximum Gasteiger partial charge on any atom is 0.410 e. The van der Waals surface area contributed by atoms with Crippen LogP contribution in [0.15, 0.2) is 24.3 Å². The quantitative estimate of drug-likeness (QED) is 0.651. The highest BCUT2D eigenvalue weighted by Gasteiger charge is 2.44. The SMILES string of the molecule is CCCC[C@@H]1NC(=O)OCCC/C=C\c2cccc3c2CN(C3)C(=O)O[C@@H]2C[C@@H](C(=O)O)N(C2)C1=O. The van der Waals surface area contributed by atoms with Gasteiger partial charge in [-0.15, -0.1) is 0 Å². The number of alkyl carbamates (subject to hydrolysis) is 1. The molecule has 3 heterocycles. The van der Waals surface area contributed by atoms with Crippen molar-refractivity contribution >= 4 is 30.1 Å². The summed E-state index contributed by atoms with van der Waals surface area (Å²) in [5.74, 6) is -1.68. The largest absolute Gasteiger partial charge is 0.480 e. The maximum atomic E-state index is 13.4. The Labute approximate surface area is 210 Å². The molecule has 1 saturated heterocycles. The maximum absolute atomic E-state index is 13.4. The van der Waals surface area contributed by atoms with E-state index in [1.54, 1.807) is 4.90 Å². The minimum atomic E-state index is -1.18. The van der Waals surface area contributed by atoms with Gasteiger partial charge in [0.05, 0.1) is 19.7 Å². The minimum Gasteiger partial charge on any atom is -0.480 e. The van der Waals surface area contributed by atoms with Gasteiger partial charge >= 0.3 is 18.2 Å². The van der Waals surface area contributed by atoms with Crippen LogP contribution in [0.1, 0.15) is 62.1 Å². The van der Waals surface area contributed by atoms with Crippen LogP contribution in [0.2, 0.25) is 0 Å². The molecule has 3 aliphatic heterocycles. The van der Waals surface area contributed by atoms with E-state index in [2.05, 4.69) is 5.32 Å². The fraction of sp³-hybridized carbons (Fsp3) is 0.538. The highest BCUT2D eigenvalue weighted by Crippen LogP contribution is 2.29. The number of carbonyl (C=O) groups excluding carboxylic acids is 3. The minimum absolute atomic E-state index is 0.00741. The van der Waals surface area contributed by atoms with Crippen LogP contribution in [0.3, 0.4) is 0 Å². The van der Waals surface area contributed by atoms with Crippen LogP contribution in [0.4, 0.5) is 9.59 Å². The van der Waals surface area contributed by atoms with E-state index in [9.17, 15) is 24.3 Å². The van der Waals surface area contributed by atoms with Crippen molar-refractivity contribution in [1.82, 2.24) is 15.1 Å². The summed E-state index contributed by atoms with van der Waals surface area (Å²) in [6, 6.07) is 3.85. The highest BCUT2D eigenvalue weighted by molar-refractivity contribution is 5.90. The number of cyclic esters (lactones) is 1. The molecule has 2 N–H and O–H groups in total. The van der Waals surface area contributed by atoms with Crippen LogP contribution in [-0.4, -0.2) is 70.3 Å². The van der Waals surface area contributed by atoms with Crippen LogP contribution in [0.25, 0.3) is 6.08 Å². The standard InChI is InChI=1S/C26H33N3O7/c1-2-3-11-21-23(30)29-15-19(13-22(29)24(31)32)36-26(34)28-14-18-10-7-9-17(20(18)16-28)8-5-4-6-12-35-25(33)27-21/h5,7-10,19,21-22H,2-4,6,11-16H2,1H3,(H,27,33)(H,31,32)/b8-5-/t19-,21+,22+/m1/s1. The van der Waals surface area contributed by atoms with Crippen molar-refractivity contribution in [3.8, 4) is 0 Å². The van der Waals surface area contributed by atoms with Gasteiger partial charge in [-0.1, -0.05) is 50.1 Å². The first-order chi connectivity index (χ1) is 17.4. The fourth-order valence-electron chi connectivity index (χ4n) is 4.94.